The average molecular weight is 238 g/mol. The van der Waals surface area contributed by atoms with Crippen LogP contribution in [-0.4, -0.2) is 26.0 Å². The highest BCUT2D eigenvalue weighted by molar-refractivity contribution is 6.28. The Morgan fingerprint density at radius 1 is 1.56 bits per heavy atom. The molecule has 0 saturated heterocycles. The number of nitrogens with zero attached hydrogens (tertiary/aromatic N) is 2. The third kappa shape index (κ3) is 1.90. The van der Waals surface area contributed by atoms with Gasteiger partial charge in [0.05, 0.1) is 5.69 Å². The van der Waals surface area contributed by atoms with Gasteiger partial charge in [-0.2, -0.15) is 0 Å². The molecule has 2 aromatic rings. The smallest absolute Gasteiger partial charge is 0.352 e. The van der Waals surface area contributed by atoms with Crippen LogP contribution in [0.5, 0.6) is 0 Å². The number of H-pyrrole nitrogens is 1. The molecule has 2 rings (SSSR count). The number of rotatable bonds is 2. The minimum atomic E-state index is -1.01. The van der Waals surface area contributed by atoms with Gasteiger partial charge < -0.3 is 10.1 Å². The topological polar surface area (TPSA) is 78.9 Å². The number of aromatic amines is 1. The van der Waals surface area contributed by atoms with E-state index in [1.165, 1.54) is 6.07 Å². The quantitative estimate of drug-likeness (QED) is 0.785. The summed E-state index contributed by atoms with van der Waals surface area (Å²) in [6.45, 7) is 1.83. The van der Waals surface area contributed by atoms with E-state index >= 15 is 0 Å². The van der Waals surface area contributed by atoms with Crippen molar-refractivity contribution in [2.24, 2.45) is 0 Å². The van der Waals surface area contributed by atoms with Crippen molar-refractivity contribution in [3.05, 3.63) is 35.0 Å². The molecule has 0 aliphatic heterocycles. The zero-order valence-corrected chi connectivity index (χ0v) is 9.12. The maximum absolute atomic E-state index is 10.7. The van der Waals surface area contributed by atoms with E-state index in [1.807, 2.05) is 6.92 Å². The Bertz CT molecular complexity index is 551. The number of hydrogen-bond donors (Lipinski definition) is 2. The second kappa shape index (κ2) is 3.94. The number of nitrogens with one attached hydrogen (secondary N) is 1. The highest BCUT2D eigenvalue weighted by Gasteiger charge is 2.11. The molecule has 0 aliphatic rings. The van der Waals surface area contributed by atoms with Crippen LogP contribution in [0.25, 0.3) is 11.3 Å². The van der Waals surface area contributed by atoms with Gasteiger partial charge in [0.25, 0.3) is 0 Å². The Kier molecular flexibility index (Phi) is 2.62. The number of aryl methyl sites for hydroxylation is 1. The summed E-state index contributed by atoms with van der Waals surface area (Å²) in [6, 6.07) is 1.51. The van der Waals surface area contributed by atoms with Crippen LogP contribution in [0.4, 0.5) is 0 Å². The molecule has 0 radical (unpaired) electrons. The molecule has 5 nitrogen and oxygen atoms in total. The van der Waals surface area contributed by atoms with Gasteiger partial charge in [0.2, 0.25) is 5.28 Å². The lowest BCUT2D eigenvalue weighted by Gasteiger charge is -2.01. The third-order valence-corrected chi connectivity index (χ3v) is 2.31. The third-order valence-electron chi connectivity index (χ3n) is 2.13. The minimum Gasteiger partial charge on any atom is -0.477 e. The van der Waals surface area contributed by atoms with Crippen molar-refractivity contribution in [2.45, 2.75) is 6.92 Å². The average Bonchev–Trinajstić information content (AvgIpc) is 2.70. The maximum Gasteiger partial charge on any atom is 0.352 e. The summed E-state index contributed by atoms with van der Waals surface area (Å²) in [4.78, 5) is 21.2. The van der Waals surface area contributed by atoms with Crippen LogP contribution in [0.3, 0.4) is 0 Å². The fourth-order valence-electron chi connectivity index (χ4n) is 1.37. The molecule has 0 fully saturated rings. The van der Waals surface area contributed by atoms with E-state index in [9.17, 15) is 4.79 Å². The Hall–Kier alpha value is -1.88. The normalized spacial score (nSPS) is 10.4. The van der Waals surface area contributed by atoms with Gasteiger partial charge in [-0.05, 0) is 30.2 Å². The minimum absolute atomic E-state index is 0.115. The summed E-state index contributed by atoms with van der Waals surface area (Å²) in [7, 11) is 0. The molecule has 0 aliphatic carbocycles. The molecule has 0 saturated carbocycles. The van der Waals surface area contributed by atoms with Crippen LogP contribution in [0.2, 0.25) is 5.28 Å². The molecule has 0 unspecified atom stereocenters. The molecular formula is C10H8ClN3O2. The fourth-order valence-corrected chi connectivity index (χ4v) is 1.50. The van der Waals surface area contributed by atoms with E-state index in [0.717, 1.165) is 5.56 Å². The summed E-state index contributed by atoms with van der Waals surface area (Å²) in [5, 5.41) is 8.92. The Morgan fingerprint density at radius 2 is 2.31 bits per heavy atom. The van der Waals surface area contributed by atoms with Crippen LogP contribution in [-0.2, 0) is 0 Å². The van der Waals surface area contributed by atoms with Gasteiger partial charge >= 0.3 is 5.97 Å². The van der Waals surface area contributed by atoms with Crippen molar-refractivity contribution >= 4 is 17.6 Å². The molecule has 2 heterocycles. The lowest BCUT2D eigenvalue weighted by molar-refractivity contribution is 0.0691. The summed E-state index contributed by atoms with van der Waals surface area (Å²) in [5.41, 5.74) is 2.26. The van der Waals surface area contributed by atoms with Crippen LogP contribution < -0.4 is 0 Å². The highest BCUT2D eigenvalue weighted by atomic mass is 35.5. The lowest BCUT2D eigenvalue weighted by atomic mass is 10.1. The van der Waals surface area contributed by atoms with Gasteiger partial charge in [-0.1, -0.05) is 0 Å². The largest absolute Gasteiger partial charge is 0.477 e. The van der Waals surface area contributed by atoms with Gasteiger partial charge in [0, 0.05) is 18.0 Å². The zero-order chi connectivity index (χ0) is 11.7. The molecule has 2 aromatic heterocycles. The SMILES string of the molecule is Cc1cnc(Cl)nc1-c1c[nH]c(C(=O)O)c1. The lowest BCUT2D eigenvalue weighted by Crippen LogP contribution is -1.94. The van der Waals surface area contributed by atoms with Gasteiger partial charge in [0.15, 0.2) is 0 Å². The fraction of sp³-hybridized carbons (Fsp3) is 0.100. The van der Waals surface area contributed by atoms with Crippen LogP contribution in [0.15, 0.2) is 18.5 Å². The second-order valence-corrected chi connectivity index (χ2v) is 3.62. The molecule has 0 aromatic carbocycles. The zero-order valence-electron chi connectivity index (χ0n) is 8.36. The second-order valence-electron chi connectivity index (χ2n) is 3.28. The number of halogens is 1. The first-order valence-electron chi connectivity index (χ1n) is 4.49. The molecule has 16 heavy (non-hydrogen) atoms. The maximum atomic E-state index is 10.7. The van der Waals surface area contributed by atoms with Crippen molar-refractivity contribution < 1.29 is 9.90 Å². The molecule has 0 atom stereocenters. The predicted octanol–water partition coefficient (Wildman–Crippen LogP) is 2.13. The Morgan fingerprint density at radius 3 is 2.94 bits per heavy atom. The van der Waals surface area contributed by atoms with Crippen molar-refractivity contribution in [3.63, 3.8) is 0 Å². The Labute approximate surface area is 96.1 Å². The van der Waals surface area contributed by atoms with Gasteiger partial charge in [0.1, 0.15) is 5.69 Å². The van der Waals surface area contributed by atoms with Crippen molar-refractivity contribution in [3.8, 4) is 11.3 Å². The van der Waals surface area contributed by atoms with Crippen LogP contribution >= 0.6 is 11.6 Å². The number of aromatic nitrogens is 3. The molecule has 0 bridgehead atoms. The molecule has 82 valence electrons. The number of carbonyl (C=O) groups is 1. The first kappa shape index (κ1) is 10.6. The Balaban J connectivity index is 2.50. The van der Waals surface area contributed by atoms with E-state index < -0.39 is 5.97 Å². The summed E-state index contributed by atoms with van der Waals surface area (Å²) < 4.78 is 0. The number of hydrogen-bond acceptors (Lipinski definition) is 3. The molecule has 2 N–H and O–H groups in total. The van der Waals surface area contributed by atoms with Gasteiger partial charge in [-0.25, -0.2) is 14.8 Å². The monoisotopic (exact) mass is 237 g/mol. The number of aromatic carboxylic acids is 1. The van der Waals surface area contributed by atoms with Crippen LogP contribution in [0.1, 0.15) is 16.1 Å². The molecule has 0 spiro atoms. The molecule has 0 amide bonds. The van der Waals surface area contributed by atoms with Crippen LogP contribution in [0, 0.1) is 6.92 Å². The van der Waals surface area contributed by atoms with Gasteiger partial charge in [-0.15, -0.1) is 0 Å². The first-order chi connectivity index (χ1) is 7.58. The molecular weight excluding hydrogens is 230 g/mol. The van der Waals surface area contributed by atoms with E-state index in [1.54, 1.807) is 12.4 Å². The van der Waals surface area contributed by atoms with Crippen molar-refractivity contribution in [1.29, 1.82) is 0 Å². The van der Waals surface area contributed by atoms with E-state index in [2.05, 4.69) is 15.0 Å². The highest BCUT2D eigenvalue weighted by Crippen LogP contribution is 2.22. The number of carboxylic acid groups (broad SMARTS) is 1. The number of carboxylic acids is 1. The molecule has 6 heteroatoms. The first-order valence-corrected chi connectivity index (χ1v) is 4.87. The predicted molar refractivity (Wildman–Crippen MR) is 58.5 cm³/mol. The van der Waals surface area contributed by atoms with Crippen molar-refractivity contribution in [1.82, 2.24) is 15.0 Å². The summed E-state index contributed by atoms with van der Waals surface area (Å²) >= 11 is 5.69. The van der Waals surface area contributed by atoms with E-state index in [4.69, 9.17) is 16.7 Å². The van der Waals surface area contributed by atoms with Crippen molar-refractivity contribution in [2.75, 3.05) is 0 Å². The van der Waals surface area contributed by atoms with E-state index in [-0.39, 0.29) is 11.0 Å². The standard InChI is InChI=1S/C10H8ClN3O2/c1-5-3-13-10(11)14-8(5)6-2-7(9(15)16)12-4-6/h2-4,12H,1H3,(H,15,16). The van der Waals surface area contributed by atoms with E-state index in [0.29, 0.717) is 11.3 Å². The summed E-state index contributed by atoms with van der Waals surface area (Å²) in [5.74, 6) is -1.01. The summed E-state index contributed by atoms with van der Waals surface area (Å²) in [6.07, 6.45) is 3.17. The van der Waals surface area contributed by atoms with Gasteiger partial charge in [-0.3, -0.25) is 0 Å².